The largest absolute Gasteiger partial charge is 0.478 e. The minimum Gasteiger partial charge on any atom is -0.478 e. The van der Waals surface area contributed by atoms with Crippen molar-refractivity contribution in [3.8, 4) is 0 Å². The number of rotatable bonds is 15. The van der Waals surface area contributed by atoms with Crippen LogP contribution in [0, 0.1) is 0 Å². The summed E-state index contributed by atoms with van der Waals surface area (Å²) < 4.78 is 70.2. The van der Waals surface area contributed by atoms with Gasteiger partial charge in [-0.1, -0.05) is 90.0 Å². The first-order valence-corrected chi connectivity index (χ1v) is 7.58. The Morgan fingerprint density at radius 3 is 2.10 bits per heavy atom. The summed E-state index contributed by atoms with van der Waals surface area (Å²) in [6, 6.07) is -2.88. The van der Waals surface area contributed by atoms with Gasteiger partial charge in [-0.15, -0.1) is 0 Å². The Labute approximate surface area is 138 Å². The van der Waals surface area contributed by atoms with E-state index in [0.717, 1.165) is 25.7 Å². The predicted molar refractivity (Wildman–Crippen MR) is 87.1 cm³/mol. The lowest BCUT2D eigenvalue weighted by molar-refractivity contribution is -0.131. The number of hydrogen-bond donors (Lipinski definition) is 1. The molecular formula is C18H34O2. The van der Waals surface area contributed by atoms with Crippen LogP contribution in [0.3, 0.4) is 0 Å². The van der Waals surface area contributed by atoms with Crippen LogP contribution in [0.15, 0.2) is 12.1 Å². The topological polar surface area (TPSA) is 37.3 Å². The quantitative estimate of drug-likeness (QED) is 0.292. The van der Waals surface area contributed by atoms with Gasteiger partial charge in [-0.3, -0.25) is 0 Å². The minimum absolute atomic E-state index is 0.0299. The summed E-state index contributed by atoms with van der Waals surface area (Å²) in [5, 5.41) is 8.76. The molecule has 0 amide bonds. The molecule has 0 aliphatic carbocycles. The van der Waals surface area contributed by atoms with Crippen molar-refractivity contribution < 1.29 is 22.2 Å². The van der Waals surface area contributed by atoms with Gasteiger partial charge in [-0.25, -0.2) is 4.79 Å². The van der Waals surface area contributed by atoms with Gasteiger partial charge < -0.3 is 5.11 Å². The molecule has 0 aliphatic rings. The van der Waals surface area contributed by atoms with Gasteiger partial charge in [0, 0.05) is 15.6 Å². The van der Waals surface area contributed by atoms with E-state index in [0.29, 0.717) is 6.42 Å². The third kappa shape index (κ3) is 17.2. The van der Waals surface area contributed by atoms with Crippen LogP contribution in [-0.4, -0.2) is 11.1 Å². The van der Waals surface area contributed by atoms with Crippen LogP contribution in [0.4, 0.5) is 0 Å². The molecule has 20 heavy (non-hydrogen) atoms. The third-order valence-electron chi connectivity index (χ3n) is 2.92. The van der Waals surface area contributed by atoms with Gasteiger partial charge in [-0.2, -0.15) is 0 Å². The van der Waals surface area contributed by atoms with Gasteiger partial charge in [-0.05, 0) is 12.7 Å². The zero-order chi connectivity index (χ0) is 22.9. The van der Waals surface area contributed by atoms with Gasteiger partial charge in [0.1, 0.15) is 0 Å². The van der Waals surface area contributed by atoms with Gasteiger partial charge in [0.15, 0.2) is 0 Å². The number of hydrogen-bond acceptors (Lipinski definition) is 1. The molecule has 118 valence electrons. The van der Waals surface area contributed by atoms with Crippen molar-refractivity contribution in [3.05, 3.63) is 12.1 Å². The van der Waals surface area contributed by atoms with E-state index in [1.165, 1.54) is 25.7 Å². The molecule has 0 aromatic heterocycles. The van der Waals surface area contributed by atoms with Gasteiger partial charge in [0.2, 0.25) is 0 Å². The fourth-order valence-electron chi connectivity index (χ4n) is 1.83. The maximum Gasteiger partial charge on any atom is 0.327 e. The van der Waals surface area contributed by atoms with Crippen LogP contribution in [0.25, 0.3) is 0 Å². The zero-order valence-electron chi connectivity index (χ0n) is 21.5. The number of unbranched alkanes of at least 4 members (excludes halogenated alkanes) is 8. The maximum absolute atomic E-state index is 10.8. The van der Waals surface area contributed by atoms with Crippen molar-refractivity contribution in [2.75, 3.05) is 0 Å². The van der Waals surface area contributed by atoms with E-state index in [9.17, 15) is 4.79 Å². The SMILES string of the molecule is [2H]C(C(=O)O)=C([2H])C([2H])([2H])C([2H])([2H])C([2H])([2H])C([2H])CCCCCCCCCCC. The Hall–Kier alpha value is -0.790. The highest BCUT2D eigenvalue weighted by Crippen LogP contribution is 2.12. The van der Waals surface area contributed by atoms with Crippen molar-refractivity contribution in [1.82, 2.24) is 0 Å². The number of aliphatic carboxylic acids is 1. The lowest BCUT2D eigenvalue weighted by atomic mass is 10.0. The van der Waals surface area contributed by atoms with Gasteiger partial charge >= 0.3 is 5.97 Å². The summed E-state index contributed by atoms with van der Waals surface area (Å²) in [6.07, 6.45) is -2.02. The predicted octanol–water partition coefficient (Wildman–Crippen LogP) is 6.11. The average molecular weight is 292 g/mol. The smallest absolute Gasteiger partial charge is 0.327 e. The maximum atomic E-state index is 10.8. The monoisotopic (exact) mass is 291 g/mol. The molecule has 1 unspecified atom stereocenters. The van der Waals surface area contributed by atoms with Crippen molar-refractivity contribution in [3.63, 3.8) is 0 Å². The molecule has 0 rings (SSSR count). The molecule has 0 radical (unpaired) electrons. The number of carbonyl (C=O) groups is 1. The zero-order valence-corrected chi connectivity index (χ0v) is 12.5. The normalized spacial score (nSPS) is 22.6. The van der Waals surface area contributed by atoms with E-state index >= 15 is 0 Å². The second-order valence-corrected chi connectivity index (χ2v) is 4.77. The van der Waals surface area contributed by atoms with Crippen LogP contribution in [0.2, 0.25) is 0 Å². The highest BCUT2D eigenvalue weighted by molar-refractivity contribution is 5.79. The molecule has 0 aromatic rings. The standard InChI is InChI=1S/C18H34O2/c1-2-3-4-5-6-7-8-9-10-11-12-13-14-15-16-17-18(19)20/h16-17H,2-15H2,1H3,(H,19,20)/i12D,13D2,14D2,15D2,16D,17D. The number of carboxylic acid groups (broad SMARTS) is 1. The van der Waals surface area contributed by atoms with Crippen molar-refractivity contribution in [2.24, 2.45) is 0 Å². The molecule has 0 saturated heterocycles. The van der Waals surface area contributed by atoms with Crippen molar-refractivity contribution in [1.29, 1.82) is 0 Å². The molecule has 0 bridgehead atoms. The molecule has 0 aromatic carbocycles. The van der Waals surface area contributed by atoms with Crippen molar-refractivity contribution >= 4 is 5.97 Å². The molecule has 0 heterocycles. The summed E-state index contributed by atoms with van der Waals surface area (Å²) in [5.74, 6) is -1.90. The Kier molecular flexibility index (Phi) is 7.00. The molecule has 0 fully saturated rings. The van der Waals surface area contributed by atoms with Crippen LogP contribution < -0.4 is 0 Å². The first-order valence-electron chi connectivity index (χ1n) is 12.2. The van der Waals surface area contributed by atoms with Crippen LogP contribution in [0.5, 0.6) is 0 Å². The summed E-state index contributed by atoms with van der Waals surface area (Å²) in [5.41, 5.74) is 0. The first-order chi connectivity index (χ1) is 13.2. The fourth-order valence-corrected chi connectivity index (χ4v) is 1.83. The highest BCUT2D eigenvalue weighted by atomic mass is 16.4. The fraction of sp³-hybridized carbons (Fsp3) is 0.833. The van der Waals surface area contributed by atoms with E-state index in [1.54, 1.807) is 0 Å². The molecule has 1 N–H and O–H groups in total. The van der Waals surface area contributed by atoms with E-state index in [1.807, 2.05) is 0 Å². The van der Waals surface area contributed by atoms with E-state index in [2.05, 4.69) is 6.92 Å². The Bertz CT molecular complexity index is 547. The Morgan fingerprint density at radius 2 is 1.55 bits per heavy atom. The second-order valence-electron chi connectivity index (χ2n) is 4.77. The molecule has 0 aliphatic heterocycles. The number of carboxylic acids is 1. The van der Waals surface area contributed by atoms with Crippen LogP contribution in [0.1, 0.15) is 109 Å². The lowest BCUT2D eigenvalue weighted by Gasteiger charge is -2.02. The average Bonchev–Trinajstić information content (AvgIpc) is 2.64. The molecule has 2 heteroatoms. The number of allylic oxidation sites excluding steroid dienone is 1. The van der Waals surface area contributed by atoms with Gasteiger partial charge in [0.05, 0.1) is 2.74 Å². The van der Waals surface area contributed by atoms with Crippen LogP contribution in [-0.2, 0) is 4.79 Å². The Morgan fingerprint density at radius 1 is 1.00 bits per heavy atom. The van der Waals surface area contributed by atoms with E-state index < -0.39 is 43.6 Å². The van der Waals surface area contributed by atoms with Gasteiger partial charge in [0.25, 0.3) is 0 Å². The first kappa shape index (κ1) is 8.60. The molecular weight excluding hydrogens is 248 g/mol. The highest BCUT2D eigenvalue weighted by Gasteiger charge is 1.93. The van der Waals surface area contributed by atoms with Crippen molar-refractivity contribution in [2.45, 2.75) is 96.6 Å². The lowest BCUT2D eigenvalue weighted by Crippen LogP contribution is -1.86. The second kappa shape index (κ2) is 16.3. The Balaban J connectivity index is 4.83. The molecule has 0 spiro atoms. The molecule has 0 saturated carbocycles. The summed E-state index contributed by atoms with van der Waals surface area (Å²) in [7, 11) is 0. The molecule has 1 atom stereocenters. The summed E-state index contributed by atoms with van der Waals surface area (Å²) in [6.45, 7) is 2.16. The summed E-state index contributed by atoms with van der Waals surface area (Å²) >= 11 is 0. The van der Waals surface area contributed by atoms with E-state index in [4.69, 9.17) is 17.4 Å². The van der Waals surface area contributed by atoms with Crippen LogP contribution >= 0.6 is 0 Å². The third-order valence-corrected chi connectivity index (χ3v) is 2.92. The summed E-state index contributed by atoms with van der Waals surface area (Å²) in [4.78, 5) is 10.8. The van der Waals surface area contributed by atoms with E-state index in [-0.39, 0.29) is 6.42 Å². The molecule has 2 nitrogen and oxygen atoms in total. The minimum atomic E-state index is -3.37.